The van der Waals surface area contributed by atoms with E-state index in [1.165, 1.54) is 17.1 Å². The van der Waals surface area contributed by atoms with Crippen LogP contribution < -0.4 is 5.32 Å². The van der Waals surface area contributed by atoms with Gasteiger partial charge in [-0.25, -0.2) is 0 Å². The standard InChI is InChI=1S/C11H9ClN4O2/c1-16-10(12)7(6-14-16)11(17)15-8(5-13)9-3-2-4-18-9/h2-4,6,8H,1H3,(H,15,17). The first-order valence-corrected chi connectivity index (χ1v) is 5.42. The molecule has 0 saturated heterocycles. The van der Waals surface area contributed by atoms with Crippen LogP contribution in [0.4, 0.5) is 0 Å². The minimum atomic E-state index is -0.858. The third-order valence-electron chi connectivity index (χ3n) is 2.34. The first-order valence-electron chi connectivity index (χ1n) is 5.05. The van der Waals surface area contributed by atoms with Crippen LogP contribution in [0.3, 0.4) is 0 Å². The average molecular weight is 265 g/mol. The summed E-state index contributed by atoms with van der Waals surface area (Å²) in [6.45, 7) is 0. The summed E-state index contributed by atoms with van der Waals surface area (Å²) < 4.78 is 6.43. The van der Waals surface area contributed by atoms with Crippen molar-refractivity contribution < 1.29 is 9.21 Å². The fraction of sp³-hybridized carbons (Fsp3) is 0.182. The Labute approximate surface area is 108 Å². The quantitative estimate of drug-likeness (QED) is 0.914. The molecular weight excluding hydrogens is 256 g/mol. The van der Waals surface area contributed by atoms with Crippen LogP contribution in [-0.4, -0.2) is 15.7 Å². The van der Waals surface area contributed by atoms with Gasteiger partial charge in [0.05, 0.1) is 24.1 Å². The molecule has 0 radical (unpaired) electrons. The van der Waals surface area contributed by atoms with Gasteiger partial charge in [0.15, 0.2) is 6.04 Å². The molecule has 2 rings (SSSR count). The van der Waals surface area contributed by atoms with E-state index in [-0.39, 0.29) is 10.7 Å². The Bertz CT molecular complexity index is 597. The van der Waals surface area contributed by atoms with E-state index in [2.05, 4.69) is 10.4 Å². The molecule has 1 atom stereocenters. The third-order valence-corrected chi connectivity index (χ3v) is 2.79. The molecular formula is C11H9ClN4O2. The molecule has 0 aliphatic carbocycles. The van der Waals surface area contributed by atoms with E-state index in [0.29, 0.717) is 5.76 Å². The molecule has 6 nitrogen and oxygen atoms in total. The molecule has 0 aliphatic heterocycles. The Balaban J connectivity index is 2.17. The molecule has 0 fully saturated rings. The van der Waals surface area contributed by atoms with Crippen molar-refractivity contribution in [2.45, 2.75) is 6.04 Å². The number of aromatic nitrogens is 2. The molecule has 2 aromatic rings. The number of hydrogen-bond acceptors (Lipinski definition) is 4. The van der Waals surface area contributed by atoms with E-state index in [1.807, 2.05) is 6.07 Å². The van der Waals surface area contributed by atoms with Gasteiger partial charge >= 0.3 is 0 Å². The number of halogens is 1. The van der Waals surface area contributed by atoms with Crippen LogP contribution in [0.5, 0.6) is 0 Å². The van der Waals surface area contributed by atoms with Crippen molar-refractivity contribution in [1.29, 1.82) is 5.26 Å². The van der Waals surface area contributed by atoms with Gasteiger partial charge in [-0.2, -0.15) is 10.4 Å². The summed E-state index contributed by atoms with van der Waals surface area (Å²) in [5.41, 5.74) is 0.214. The van der Waals surface area contributed by atoms with Crippen LogP contribution in [0, 0.1) is 11.3 Å². The minimum absolute atomic E-state index is 0.212. The van der Waals surface area contributed by atoms with E-state index < -0.39 is 11.9 Å². The summed E-state index contributed by atoms with van der Waals surface area (Å²) in [6, 6.07) is 4.33. The van der Waals surface area contributed by atoms with Gasteiger partial charge in [0.2, 0.25) is 0 Å². The molecule has 92 valence electrons. The third kappa shape index (κ3) is 2.21. The van der Waals surface area contributed by atoms with Gasteiger partial charge < -0.3 is 9.73 Å². The molecule has 7 heteroatoms. The number of amides is 1. The van der Waals surface area contributed by atoms with Crippen LogP contribution in [0.2, 0.25) is 5.15 Å². The Hall–Kier alpha value is -2.26. The van der Waals surface area contributed by atoms with E-state index >= 15 is 0 Å². The van der Waals surface area contributed by atoms with Gasteiger partial charge in [-0.3, -0.25) is 9.48 Å². The lowest BCUT2D eigenvalue weighted by Crippen LogP contribution is -2.27. The van der Waals surface area contributed by atoms with Gasteiger partial charge in [-0.1, -0.05) is 11.6 Å². The predicted molar refractivity (Wildman–Crippen MR) is 62.7 cm³/mol. The second-order valence-electron chi connectivity index (χ2n) is 3.52. The fourth-order valence-corrected chi connectivity index (χ4v) is 1.58. The molecule has 0 spiro atoms. The number of nitrogens with one attached hydrogen (secondary N) is 1. The SMILES string of the molecule is Cn1ncc(C(=O)NC(C#N)c2ccco2)c1Cl. The summed E-state index contributed by atoms with van der Waals surface area (Å²) in [7, 11) is 1.62. The predicted octanol–water partition coefficient (Wildman–Crippen LogP) is 1.66. The number of hydrogen-bond donors (Lipinski definition) is 1. The summed E-state index contributed by atoms with van der Waals surface area (Å²) in [5.74, 6) is -0.109. The summed E-state index contributed by atoms with van der Waals surface area (Å²) in [4.78, 5) is 11.9. The molecule has 0 aliphatic rings. The van der Waals surface area contributed by atoms with Crippen molar-refractivity contribution in [3.8, 4) is 6.07 Å². The molecule has 1 unspecified atom stereocenters. The number of carbonyl (C=O) groups is 1. The number of rotatable bonds is 3. The van der Waals surface area contributed by atoms with Crippen LogP contribution >= 0.6 is 11.6 Å². The fourth-order valence-electron chi connectivity index (χ4n) is 1.41. The number of nitrogens with zero attached hydrogens (tertiary/aromatic N) is 3. The van der Waals surface area contributed by atoms with E-state index in [4.69, 9.17) is 21.3 Å². The van der Waals surface area contributed by atoms with Gasteiger partial charge in [-0.05, 0) is 12.1 Å². The van der Waals surface area contributed by atoms with Crippen molar-refractivity contribution in [2.24, 2.45) is 7.05 Å². The summed E-state index contributed by atoms with van der Waals surface area (Å²) in [6.07, 6.45) is 2.77. The van der Waals surface area contributed by atoms with Crippen molar-refractivity contribution in [1.82, 2.24) is 15.1 Å². The maximum atomic E-state index is 11.9. The molecule has 0 bridgehead atoms. The zero-order valence-electron chi connectivity index (χ0n) is 9.42. The lowest BCUT2D eigenvalue weighted by Gasteiger charge is -2.08. The molecule has 1 amide bonds. The van der Waals surface area contributed by atoms with Crippen LogP contribution in [-0.2, 0) is 7.05 Å². The highest BCUT2D eigenvalue weighted by Gasteiger charge is 2.20. The van der Waals surface area contributed by atoms with E-state index in [9.17, 15) is 4.79 Å². The average Bonchev–Trinajstić information content (AvgIpc) is 2.98. The molecule has 0 aromatic carbocycles. The summed E-state index contributed by atoms with van der Waals surface area (Å²) >= 11 is 5.89. The van der Waals surface area contributed by atoms with Crippen molar-refractivity contribution in [3.63, 3.8) is 0 Å². The van der Waals surface area contributed by atoms with Crippen molar-refractivity contribution in [3.05, 3.63) is 41.1 Å². The largest absolute Gasteiger partial charge is 0.466 e. The number of carbonyl (C=O) groups excluding carboxylic acids is 1. The zero-order valence-corrected chi connectivity index (χ0v) is 10.2. The highest BCUT2D eigenvalue weighted by atomic mass is 35.5. The topological polar surface area (TPSA) is 83.9 Å². The lowest BCUT2D eigenvalue weighted by molar-refractivity contribution is 0.0941. The van der Waals surface area contributed by atoms with Crippen molar-refractivity contribution >= 4 is 17.5 Å². The Morgan fingerprint density at radius 3 is 3.00 bits per heavy atom. The molecule has 2 aromatic heterocycles. The Morgan fingerprint density at radius 1 is 1.72 bits per heavy atom. The van der Waals surface area contributed by atoms with Crippen LogP contribution in [0.25, 0.3) is 0 Å². The number of furan rings is 1. The first kappa shape index (κ1) is 12.2. The van der Waals surface area contributed by atoms with Crippen LogP contribution in [0.15, 0.2) is 29.0 Å². The van der Waals surface area contributed by atoms with Crippen LogP contribution in [0.1, 0.15) is 22.2 Å². The normalized spacial score (nSPS) is 11.8. The summed E-state index contributed by atoms with van der Waals surface area (Å²) in [5, 5.41) is 15.6. The second kappa shape index (κ2) is 4.94. The van der Waals surface area contributed by atoms with Gasteiger partial charge in [0.1, 0.15) is 10.9 Å². The molecule has 1 N–H and O–H groups in total. The second-order valence-corrected chi connectivity index (χ2v) is 3.88. The van der Waals surface area contributed by atoms with E-state index in [0.717, 1.165) is 0 Å². The Morgan fingerprint density at radius 2 is 2.50 bits per heavy atom. The Kier molecular flexibility index (Phi) is 3.35. The van der Waals surface area contributed by atoms with Gasteiger partial charge in [0.25, 0.3) is 5.91 Å². The highest BCUT2D eigenvalue weighted by molar-refractivity contribution is 6.32. The zero-order chi connectivity index (χ0) is 13.1. The van der Waals surface area contributed by atoms with Gasteiger partial charge in [-0.15, -0.1) is 0 Å². The van der Waals surface area contributed by atoms with Gasteiger partial charge in [0, 0.05) is 7.05 Å². The maximum Gasteiger partial charge on any atom is 0.257 e. The monoisotopic (exact) mass is 264 g/mol. The smallest absolute Gasteiger partial charge is 0.257 e. The first-order chi connectivity index (χ1) is 8.63. The maximum absolute atomic E-state index is 11.9. The van der Waals surface area contributed by atoms with E-state index in [1.54, 1.807) is 19.2 Å². The molecule has 18 heavy (non-hydrogen) atoms. The number of nitriles is 1. The number of aryl methyl sites for hydroxylation is 1. The van der Waals surface area contributed by atoms with Crippen molar-refractivity contribution in [2.75, 3.05) is 0 Å². The highest BCUT2D eigenvalue weighted by Crippen LogP contribution is 2.17. The molecule has 0 saturated carbocycles. The minimum Gasteiger partial charge on any atom is -0.466 e. The lowest BCUT2D eigenvalue weighted by atomic mass is 10.2. The molecule has 2 heterocycles.